The van der Waals surface area contributed by atoms with Crippen LogP contribution >= 0.6 is 11.3 Å². The average Bonchev–Trinajstić information content (AvgIpc) is 3.38. The van der Waals surface area contributed by atoms with Crippen LogP contribution in [-0.4, -0.2) is 21.0 Å². The molecule has 4 aromatic rings. The van der Waals surface area contributed by atoms with Crippen LogP contribution in [0.15, 0.2) is 48.7 Å². The predicted molar refractivity (Wildman–Crippen MR) is 125 cm³/mol. The molecule has 2 aromatic heterocycles. The van der Waals surface area contributed by atoms with Crippen molar-refractivity contribution in [1.29, 1.82) is 0 Å². The lowest BCUT2D eigenvalue weighted by Gasteiger charge is -2.16. The minimum Gasteiger partial charge on any atom is -0.485 e. The van der Waals surface area contributed by atoms with Crippen LogP contribution in [0.25, 0.3) is 21.5 Å². The summed E-state index contributed by atoms with van der Waals surface area (Å²) in [5, 5.41) is 10.5. The van der Waals surface area contributed by atoms with E-state index in [2.05, 4.69) is 4.98 Å². The molecule has 4 rings (SSSR count). The van der Waals surface area contributed by atoms with Gasteiger partial charge in [-0.3, -0.25) is 4.79 Å². The fourth-order valence-corrected chi connectivity index (χ4v) is 4.99. The third-order valence-electron chi connectivity index (χ3n) is 5.45. The Bertz CT molecular complexity index is 1320. The van der Waals surface area contributed by atoms with Gasteiger partial charge in [-0.25, -0.2) is 4.98 Å². The highest BCUT2D eigenvalue weighted by Crippen LogP contribution is 2.38. The summed E-state index contributed by atoms with van der Waals surface area (Å²) in [5.41, 5.74) is 2.25. The van der Waals surface area contributed by atoms with Gasteiger partial charge >= 0.3 is 12.1 Å². The minimum atomic E-state index is -4.38. The number of benzene rings is 2. The first-order valence-corrected chi connectivity index (χ1v) is 11.5. The average molecular weight is 489 g/mol. The monoisotopic (exact) mass is 488 g/mol. The molecule has 5 nitrogen and oxygen atoms in total. The Labute approximate surface area is 198 Å². The van der Waals surface area contributed by atoms with Crippen LogP contribution in [0.5, 0.6) is 5.75 Å². The quantitative estimate of drug-likeness (QED) is 0.288. The molecule has 0 aliphatic heterocycles. The van der Waals surface area contributed by atoms with E-state index in [-0.39, 0.29) is 18.4 Å². The first-order valence-electron chi connectivity index (χ1n) is 10.7. The first-order chi connectivity index (χ1) is 16.0. The fourth-order valence-electron chi connectivity index (χ4n) is 3.78. The van der Waals surface area contributed by atoms with Crippen molar-refractivity contribution in [2.75, 3.05) is 0 Å². The molecule has 1 unspecified atom stereocenters. The zero-order valence-electron chi connectivity index (χ0n) is 18.7. The molecule has 0 aliphatic rings. The Kier molecular flexibility index (Phi) is 6.40. The first kappa shape index (κ1) is 23.8. The summed E-state index contributed by atoms with van der Waals surface area (Å²) in [7, 11) is 0. The third-order valence-corrected chi connectivity index (χ3v) is 6.73. The predicted octanol–water partition coefficient (Wildman–Crippen LogP) is 7.20. The van der Waals surface area contributed by atoms with Crippen molar-refractivity contribution >= 4 is 28.2 Å². The molecular weight excluding hydrogens is 465 g/mol. The number of fused-ring (bicyclic) bond motifs is 1. The Morgan fingerprint density at radius 2 is 1.85 bits per heavy atom. The lowest BCUT2D eigenvalue weighted by molar-refractivity contribution is -0.138. The van der Waals surface area contributed by atoms with E-state index >= 15 is 0 Å². The molecule has 0 bridgehead atoms. The lowest BCUT2D eigenvalue weighted by Crippen LogP contribution is -2.05. The number of nitrogens with one attached hydrogen (secondary N) is 1. The highest BCUT2D eigenvalue weighted by molar-refractivity contribution is 7.15. The van der Waals surface area contributed by atoms with Crippen LogP contribution in [0.1, 0.15) is 54.5 Å². The molecule has 178 valence electrons. The number of aliphatic carboxylic acids is 1. The second-order valence-corrected chi connectivity index (χ2v) is 9.38. The standard InChI is InChI=1S/C25H23F3N2O3S/c1-13(2)22-23(34-24(30-22)15-4-6-17(7-5-15)25(26,27)28)14(3)33-18-8-9-19-16(10-21(31)32)12-29-20(19)11-18/h4-9,11-14,29H,10H2,1-3H3,(H,31,32). The molecule has 2 N–H and O–H groups in total. The van der Waals surface area contributed by atoms with E-state index in [0.717, 1.165) is 33.6 Å². The number of nitrogens with zero attached hydrogens (tertiary/aromatic N) is 1. The molecule has 0 radical (unpaired) electrons. The van der Waals surface area contributed by atoms with Gasteiger partial charge in [-0.1, -0.05) is 26.0 Å². The molecule has 2 aromatic carbocycles. The number of aromatic amines is 1. The van der Waals surface area contributed by atoms with Crippen LogP contribution in [0, 0.1) is 0 Å². The second-order valence-electron chi connectivity index (χ2n) is 8.35. The van der Waals surface area contributed by atoms with Gasteiger partial charge in [0.25, 0.3) is 0 Å². The summed E-state index contributed by atoms with van der Waals surface area (Å²) in [4.78, 5) is 19.7. The summed E-state index contributed by atoms with van der Waals surface area (Å²) in [6.07, 6.45) is -3.11. The Hall–Kier alpha value is -3.33. The number of H-pyrrole nitrogens is 1. The van der Waals surface area contributed by atoms with E-state index in [0.29, 0.717) is 21.9 Å². The zero-order valence-corrected chi connectivity index (χ0v) is 19.6. The number of halogens is 3. The van der Waals surface area contributed by atoms with Crippen molar-refractivity contribution in [2.45, 2.75) is 45.4 Å². The summed E-state index contributed by atoms with van der Waals surface area (Å²) < 4.78 is 44.9. The molecular formula is C25H23F3N2O3S. The van der Waals surface area contributed by atoms with Gasteiger partial charge in [0.2, 0.25) is 0 Å². The molecule has 0 fully saturated rings. The number of hydrogen-bond donors (Lipinski definition) is 2. The van der Waals surface area contributed by atoms with Crippen molar-refractivity contribution < 1.29 is 27.8 Å². The number of aromatic nitrogens is 2. The van der Waals surface area contributed by atoms with Gasteiger partial charge in [0.1, 0.15) is 16.9 Å². The normalized spacial score (nSPS) is 12.9. The molecule has 0 spiro atoms. The van der Waals surface area contributed by atoms with E-state index in [4.69, 9.17) is 14.8 Å². The highest BCUT2D eigenvalue weighted by Gasteiger charge is 2.30. The number of carboxylic acids is 1. The number of thiazole rings is 1. The minimum absolute atomic E-state index is 0.0675. The van der Waals surface area contributed by atoms with Gasteiger partial charge in [-0.05, 0) is 42.7 Å². The van der Waals surface area contributed by atoms with E-state index in [1.54, 1.807) is 12.3 Å². The van der Waals surface area contributed by atoms with E-state index in [9.17, 15) is 18.0 Å². The van der Waals surface area contributed by atoms with Crippen LogP contribution in [0.4, 0.5) is 13.2 Å². The molecule has 1 atom stereocenters. The van der Waals surface area contributed by atoms with Gasteiger partial charge in [0.15, 0.2) is 0 Å². The summed E-state index contributed by atoms with van der Waals surface area (Å²) >= 11 is 1.41. The van der Waals surface area contributed by atoms with Gasteiger partial charge in [0.05, 0.1) is 22.6 Å². The molecule has 2 heterocycles. The SMILES string of the molecule is CC(C)c1nc(-c2ccc(C(F)(F)F)cc2)sc1C(C)Oc1ccc2c(CC(=O)O)c[nH]c2c1. The Morgan fingerprint density at radius 1 is 1.15 bits per heavy atom. The van der Waals surface area contributed by atoms with Gasteiger partial charge in [-0.2, -0.15) is 13.2 Å². The van der Waals surface area contributed by atoms with Crippen molar-refractivity contribution in [3.8, 4) is 16.3 Å². The van der Waals surface area contributed by atoms with Crippen molar-refractivity contribution in [3.63, 3.8) is 0 Å². The summed E-state index contributed by atoms with van der Waals surface area (Å²) in [6.45, 7) is 5.93. The molecule has 0 aliphatic carbocycles. The largest absolute Gasteiger partial charge is 0.485 e. The molecule has 34 heavy (non-hydrogen) atoms. The number of carbonyl (C=O) groups is 1. The van der Waals surface area contributed by atoms with Gasteiger partial charge in [-0.15, -0.1) is 11.3 Å². The van der Waals surface area contributed by atoms with Crippen LogP contribution < -0.4 is 4.74 Å². The van der Waals surface area contributed by atoms with Gasteiger partial charge in [0, 0.05) is 28.7 Å². The van der Waals surface area contributed by atoms with Crippen LogP contribution in [0.2, 0.25) is 0 Å². The molecule has 0 saturated heterocycles. The Balaban J connectivity index is 1.60. The number of ether oxygens (including phenoxy) is 1. The number of carboxylic acid groups (broad SMARTS) is 1. The van der Waals surface area contributed by atoms with Crippen LogP contribution in [-0.2, 0) is 17.4 Å². The maximum absolute atomic E-state index is 12.9. The second kappa shape index (κ2) is 9.13. The smallest absolute Gasteiger partial charge is 0.416 e. The summed E-state index contributed by atoms with van der Waals surface area (Å²) in [5.74, 6) is -0.182. The summed E-state index contributed by atoms with van der Waals surface area (Å²) in [6, 6.07) is 10.5. The van der Waals surface area contributed by atoms with E-state index in [1.165, 1.54) is 23.5 Å². The topological polar surface area (TPSA) is 75.2 Å². The van der Waals surface area contributed by atoms with Crippen molar-refractivity contribution in [3.05, 3.63) is 70.4 Å². The zero-order chi connectivity index (χ0) is 24.6. The van der Waals surface area contributed by atoms with Crippen molar-refractivity contribution in [1.82, 2.24) is 9.97 Å². The Morgan fingerprint density at radius 3 is 2.47 bits per heavy atom. The molecule has 9 heteroatoms. The number of hydrogen-bond acceptors (Lipinski definition) is 4. The fraction of sp³-hybridized carbons (Fsp3) is 0.280. The third kappa shape index (κ3) is 4.94. The van der Waals surface area contributed by atoms with E-state index in [1.807, 2.05) is 32.9 Å². The van der Waals surface area contributed by atoms with E-state index < -0.39 is 17.7 Å². The highest BCUT2D eigenvalue weighted by atomic mass is 32.1. The van der Waals surface area contributed by atoms with Crippen LogP contribution in [0.3, 0.4) is 0 Å². The van der Waals surface area contributed by atoms with Crippen molar-refractivity contribution in [2.24, 2.45) is 0 Å². The number of rotatable bonds is 7. The molecule has 0 saturated carbocycles. The molecule has 0 amide bonds. The maximum atomic E-state index is 12.9. The maximum Gasteiger partial charge on any atom is 0.416 e. The lowest BCUT2D eigenvalue weighted by atomic mass is 10.1. The van der Waals surface area contributed by atoms with Gasteiger partial charge < -0.3 is 14.8 Å². The number of alkyl halides is 3.